The summed E-state index contributed by atoms with van der Waals surface area (Å²) in [4.78, 5) is 11.9. The third-order valence-corrected chi connectivity index (χ3v) is 5.15. The van der Waals surface area contributed by atoms with Gasteiger partial charge in [-0.15, -0.1) is 0 Å². The van der Waals surface area contributed by atoms with Crippen LogP contribution in [0.5, 0.6) is 0 Å². The number of carbonyl (C=O) groups excluding carboxylic acids is 1. The van der Waals surface area contributed by atoms with E-state index in [1.165, 1.54) is 0 Å². The topological polar surface area (TPSA) is 54.5 Å². The molecular formula is C11H14F9NO3S. The molecule has 0 radical (unpaired) electrons. The van der Waals surface area contributed by atoms with E-state index in [1.807, 2.05) is 0 Å². The molecule has 0 saturated carbocycles. The molecule has 0 spiro atoms. The Labute approximate surface area is 136 Å². The van der Waals surface area contributed by atoms with E-state index in [2.05, 4.69) is 0 Å². The van der Waals surface area contributed by atoms with Crippen molar-refractivity contribution in [3.8, 4) is 0 Å². The molecule has 25 heavy (non-hydrogen) atoms. The van der Waals surface area contributed by atoms with Gasteiger partial charge in [-0.05, 0) is 0 Å². The zero-order valence-corrected chi connectivity index (χ0v) is 13.6. The van der Waals surface area contributed by atoms with Crippen molar-refractivity contribution < 1.29 is 52.7 Å². The Hall–Kier alpha value is -1.21. The van der Waals surface area contributed by atoms with Gasteiger partial charge in [0.25, 0.3) is 10.9 Å². The number of sulfone groups is 1. The highest BCUT2D eigenvalue weighted by molar-refractivity contribution is 7.93. The molecule has 0 heterocycles. The van der Waals surface area contributed by atoms with Crippen LogP contribution >= 0.6 is 0 Å². The Morgan fingerprint density at radius 1 is 0.840 bits per heavy atom. The van der Waals surface area contributed by atoms with E-state index >= 15 is 0 Å². The van der Waals surface area contributed by atoms with Crippen molar-refractivity contribution in [3.63, 3.8) is 0 Å². The first-order valence-electron chi connectivity index (χ1n) is 6.41. The van der Waals surface area contributed by atoms with Crippen LogP contribution in [-0.4, -0.2) is 62.3 Å². The van der Waals surface area contributed by atoms with Crippen LogP contribution in [0.2, 0.25) is 0 Å². The first-order valence-corrected chi connectivity index (χ1v) is 8.06. The van der Waals surface area contributed by atoms with Crippen LogP contribution in [0.3, 0.4) is 0 Å². The van der Waals surface area contributed by atoms with Crippen LogP contribution in [0.15, 0.2) is 0 Å². The number of alkyl halides is 9. The maximum atomic E-state index is 14.7. The van der Waals surface area contributed by atoms with Crippen molar-refractivity contribution in [3.05, 3.63) is 0 Å². The fourth-order valence-electron chi connectivity index (χ4n) is 1.60. The van der Waals surface area contributed by atoms with Gasteiger partial charge in [-0.1, -0.05) is 0 Å². The number of rotatable bonds is 7. The van der Waals surface area contributed by atoms with E-state index in [4.69, 9.17) is 0 Å². The number of hydrogen-bond acceptors (Lipinski definition) is 3. The van der Waals surface area contributed by atoms with Gasteiger partial charge in [0, 0.05) is 26.9 Å². The van der Waals surface area contributed by atoms with Crippen LogP contribution in [0.1, 0.15) is 19.3 Å². The Kier molecular flexibility index (Phi) is 6.84. The van der Waals surface area contributed by atoms with Crippen molar-refractivity contribution in [2.75, 3.05) is 19.8 Å². The number of halogens is 9. The van der Waals surface area contributed by atoms with E-state index < -0.39 is 64.0 Å². The normalized spacial score (nSPS) is 16.4. The van der Waals surface area contributed by atoms with Crippen molar-refractivity contribution in [1.82, 2.24) is 4.90 Å². The van der Waals surface area contributed by atoms with E-state index in [1.54, 1.807) is 0 Å². The van der Waals surface area contributed by atoms with Gasteiger partial charge in [0.15, 0.2) is 9.84 Å². The Morgan fingerprint density at radius 2 is 1.28 bits per heavy atom. The molecular weight excluding hydrogens is 397 g/mol. The van der Waals surface area contributed by atoms with Gasteiger partial charge in [-0.3, -0.25) is 4.79 Å². The molecule has 4 nitrogen and oxygen atoms in total. The zero-order valence-electron chi connectivity index (χ0n) is 12.8. The SMILES string of the molecule is CN(C)C(=O)C(F)(CCC(F)(F)C(F)(F)F)S(=O)(=O)CCC(F)(F)F. The first kappa shape index (κ1) is 23.8. The fraction of sp³-hybridized carbons (Fsp3) is 0.909. The number of nitrogens with zero attached hydrogens (tertiary/aromatic N) is 1. The molecule has 0 aromatic heterocycles. The molecule has 0 aromatic rings. The van der Waals surface area contributed by atoms with Gasteiger partial charge >= 0.3 is 18.3 Å². The molecule has 1 unspecified atom stereocenters. The Balaban J connectivity index is 5.73. The van der Waals surface area contributed by atoms with E-state index in [9.17, 15) is 52.7 Å². The molecule has 1 atom stereocenters. The number of carbonyl (C=O) groups is 1. The summed E-state index contributed by atoms with van der Waals surface area (Å²) in [5.41, 5.74) is 0. The maximum Gasteiger partial charge on any atom is 0.453 e. The summed E-state index contributed by atoms with van der Waals surface area (Å²) >= 11 is 0. The first-order chi connectivity index (χ1) is 10.8. The summed E-state index contributed by atoms with van der Waals surface area (Å²) in [7, 11) is -4.12. The summed E-state index contributed by atoms with van der Waals surface area (Å²) in [5.74, 6) is -9.56. The van der Waals surface area contributed by atoms with Crippen molar-refractivity contribution in [2.24, 2.45) is 0 Å². The highest BCUT2D eigenvalue weighted by Gasteiger charge is 2.61. The standard InChI is InChI=1S/C11H14F9NO3S/c1-21(2)7(22)8(12,3-4-9(13,14)11(18,19)20)25(23,24)6-5-10(15,16)17/h3-6H2,1-2H3. The van der Waals surface area contributed by atoms with Crippen molar-refractivity contribution in [2.45, 2.75) is 42.5 Å². The second kappa shape index (κ2) is 7.19. The Bertz CT molecular complexity index is 583. The van der Waals surface area contributed by atoms with Crippen molar-refractivity contribution in [1.29, 1.82) is 0 Å². The van der Waals surface area contributed by atoms with Gasteiger partial charge in [-0.25, -0.2) is 12.8 Å². The lowest BCUT2D eigenvalue weighted by atomic mass is 10.1. The predicted octanol–water partition coefficient (Wildman–Crippen LogP) is 3.09. The van der Waals surface area contributed by atoms with Crippen LogP contribution in [0.25, 0.3) is 0 Å². The molecule has 14 heteroatoms. The lowest BCUT2D eigenvalue weighted by Gasteiger charge is -2.29. The van der Waals surface area contributed by atoms with Crippen LogP contribution in [0.4, 0.5) is 39.5 Å². The monoisotopic (exact) mass is 411 g/mol. The maximum absolute atomic E-state index is 14.7. The summed E-state index contributed by atoms with van der Waals surface area (Å²) in [6.45, 7) is 0. The number of amides is 1. The molecule has 0 aromatic carbocycles. The Morgan fingerprint density at radius 3 is 1.60 bits per heavy atom. The third kappa shape index (κ3) is 5.92. The van der Waals surface area contributed by atoms with Crippen molar-refractivity contribution >= 4 is 15.7 Å². The molecule has 0 bridgehead atoms. The highest BCUT2D eigenvalue weighted by atomic mass is 32.2. The largest absolute Gasteiger partial charge is 0.453 e. The minimum absolute atomic E-state index is 0.233. The molecule has 150 valence electrons. The molecule has 0 aliphatic carbocycles. The molecule has 0 saturated heterocycles. The highest BCUT2D eigenvalue weighted by Crippen LogP contribution is 2.42. The zero-order chi connectivity index (χ0) is 20.5. The average Bonchev–Trinajstić information content (AvgIpc) is 2.39. The van der Waals surface area contributed by atoms with Gasteiger partial charge in [-0.2, -0.15) is 35.1 Å². The van der Waals surface area contributed by atoms with Crippen LogP contribution in [-0.2, 0) is 14.6 Å². The number of hydrogen-bond donors (Lipinski definition) is 0. The van der Waals surface area contributed by atoms with Crippen LogP contribution in [0, 0.1) is 0 Å². The molecule has 0 N–H and O–H groups in total. The van der Waals surface area contributed by atoms with Gasteiger partial charge in [0.1, 0.15) is 0 Å². The summed E-state index contributed by atoms with van der Waals surface area (Å²) in [6, 6.07) is 0. The van der Waals surface area contributed by atoms with Crippen LogP contribution < -0.4 is 0 Å². The van der Waals surface area contributed by atoms with E-state index in [-0.39, 0.29) is 4.90 Å². The van der Waals surface area contributed by atoms with E-state index in [0.717, 1.165) is 14.1 Å². The summed E-state index contributed by atoms with van der Waals surface area (Å²) in [6.07, 6.45) is -17.9. The second-order valence-electron chi connectivity index (χ2n) is 5.31. The molecule has 0 rings (SSSR count). The summed E-state index contributed by atoms with van der Waals surface area (Å²) < 4.78 is 137. The van der Waals surface area contributed by atoms with Gasteiger partial charge in [0.05, 0.1) is 12.2 Å². The third-order valence-electron chi connectivity index (χ3n) is 3.05. The van der Waals surface area contributed by atoms with Gasteiger partial charge in [0.2, 0.25) is 0 Å². The predicted molar refractivity (Wildman–Crippen MR) is 67.2 cm³/mol. The molecule has 1 amide bonds. The smallest absolute Gasteiger partial charge is 0.345 e. The average molecular weight is 411 g/mol. The summed E-state index contributed by atoms with van der Waals surface area (Å²) in [5, 5.41) is -4.35. The van der Waals surface area contributed by atoms with E-state index in [0.29, 0.717) is 0 Å². The molecule has 0 aliphatic heterocycles. The quantitative estimate of drug-likeness (QED) is 0.605. The molecule has 0 fully saturated rings. The second-order valence-corrected chi connectivity index (χ2v) is 7.60. The fourth-order valence-corrected chi connectivity index (χ4v) is 3.29. The van der Waals surface area contributed by atoms with Gasteiger partial charge < -0.3 is 4.90 Å². The lowest BCUT2D eigenvalue weighted by Crippen LogP contribution is -2.51. The lowest BCUT2D eigenvalue weighted by molar-refractivity contribution is -0.285. The molecule has 0 aliphatic rings. The minimum atomic E-state index is -6.15. The minimum Gasteiger partial charge on any atom is -0.345 e.